The Morgan fingerprint density at radius 2 is 2.39 bits per heavy atom. The third-order valence-corrected chi connectivity index (χ3v) is 3.42. The third-order valence-electron chi connectivity index (χ3n) is 3.42. The fourth-order valence-electron chi connectivity index (χ4n) is 2.50. The summed E-state index contributed by atoms with van der Waals surface area (Å²) in [7, 11) is 1.66. The molecule has 1 saturated heterocycles. The average Bonchev–Trinajstić information content (AvgIpc) is 2.92. The first-order valence-corrected chi connectivity index (χ1v) is 6.78. The van der Waals surface area contributed by atoms with Crippen LogP contribution in [-0.2, 0) is 6.54 Å². The second kappa shape index (κ2) is 6.71. The lowest BCUT2D eigenvalue weighted by Crippen LogP contribution is -2.37. The van der Waals surface area contributed by atoms with Crippen LogP contribution in [0.3, 0.4) is 0 Å². The zero-order valence-corrected chi connectivity index (χ0v) is 11.4. The van der Waals surface area contributed by atoms with E-state index in [2.05, 4.69) is 28.2 Å². The summed E-state index contributed by atoms with van der Waals surface area (Å²) in [6.07, 6.45) is 2.42. The summed E-state index contributed by atoms with van der Waals surface area (Å²) in [5, 5.41) is 3.43. The second-order valence-corrected chi connectivity index (χ2v) is 4.79. The number of aromatic nitrogens is 1. The third kappa shape index (κ3) is 3.43. The molecule has 1 aliphatic heterocycles. The van der Waals surface area contributed by atoms with Crippen molar-refractivity contribution in [3.8, 4) is 5.88 Å². The summed E-state index contributed by atoms with van der Waals surface area (Å²) in [6.45, 7) is 6.51. The van der Waals surface area contributed by atoms with Crippen LogP contribution in [0.2, 0.25) is 0 Å². The molecule has 0 aromatic carbocycles. The van der Waals surface area contributed by atoms with Gasteiger partial charge in [0.05, 0.1) is 12.8 Å². The molecule has 100 valence electrons. The van der Waals surface area contributed by atoms with Gasteiger partial charge in [-0.05, 0) is 32.0 Å². The van der Waals surface area contributed by atoms with Crippen molar-refractivity contribution < 1.29 is 4.74 Å². The number of methoxy groups -OCH3 is 1. The summed E-state index contributed by atoms with van der Waals surface area (Å²) in [4.78, 5) is 7.03. The molecule has 2 rings (SSSR count). The van der Waals surface area contributed by atoms with Crippen LogP contribution in [-0.4, -0.2) is 42.7 Å². The molecule has 4 nitrogen and oxygen atoms in total. The fourth-order valence-corrected chi connectivity index (χ4v) is 2.50. The number of hydrogen-bond donors (Lipinski definition) is 1. The lowest BCUT2D eigenvalue weighted by molar-refractivity contribution is 0.196. The first kappa shape index (κ1) is 13.3. The van der Waals surface area contributed by atoms with Crippen LogP contribution in [0.4, 0.5) is 0 Å². The molecule has 0 amide bonds. The van der Waals surface area contributed by atoms with E-state index in [1.54, 1.807) is 7.11 Å². The highest BCUT2D eigenvalue weighted by molar-refractivity contribution is 5.15. The van der Waals surface area contributed by atoms with E-state index >= 15 is 0 Å². The predicted molar refractivity (Wildman–Crippen MR) is 72.8 cm³/mol. The average molecular weight is 249 g/mol. The molecule has 2 heterocycles. The van der Waals surface area contributed by atoms with Crippen molar-refractivity contribution in [1.82, 2.24) is 15.2 Å². The molecular formula is C14H23N3O. The van der Waals surface area contributed by atoms with Crippen molar-refractivity contribution >= 4 is 0 Å². The Bertz CT molecular complexity index is 364. The highest BCUT2D eigenvalue weighted by Crippen LogP contribution is 2.14. The first-order chi connectivity index (χ1) is 8.83. The summed E-state index contributed by atoms with van der Waals surface area (Å²) in [5.41, 5.74) is 1.09. The van der Waals surface area contributed by atoms with Gasteiger partial charge in [-0.25, -0.2) is 4.98 Å². The molecule has 0 saturated carbocycles. The van der Waals surface area contributed by atoms with Gasteiger partial charge < -0.3 is 10.1 Å². The van der Waals surface area contributed by atoms with Crippen molar-refractivity contribution in [1.29, 1.82) is 0 Å². The van der Waals surface area contributed by atoms with Gasteiger partial charge in [0.25, 0.3) is 0 Å². The molecule has 0 aliphatic carbocycles. The Morgan fingerprint density at radius 3 is 3.06 bits per heavy atom. The van der Waals surface area contributed by atoms with Gasteiger partial charge in [0.1, 0.15) is 0 Å². The topological polar surface area (TPSA) is 37.4 Å². The maximum Gasteiger partial charge on any atom is 0.213 e. The molecule has 0 bridgehead atoms. The minimum atomic E-state index is 0.651. The van der Waals surface area contributed by atoms with Crippen molar-refractivity contribution in [2.75, 3.05) is 26.7 Å². The Balaban J connectivity index is 2.02. The van der Waals surface area contributed by atoms with E-state index in [-0.39, 0.29) is 0 Å². The van der Waals surface area contributed by atoms with Gasteiger partial charge in [0.15, 0.2) is 0 Å². The first-order valence-electron chi connectivity index (χ1n) is 6.78. The smallest absolute Gasteiger partial charge is 0.213 e. The molecule has 18 heavy (non-hydrogen) atoms. The Morgan fingerprint density at radius 1 is 1.50 bits per heavy atom. The van der Waals surface area contributed by atoms with Gasteiger partial charge in [0, 0.05) is 25.2 Å². The van der Waals surface area contributed by atoms with Gasteiger partial charge >= 0.3 is 0 Å². The van der Waals surface area contributed by atoms with E-state index in [1.165, 1.54) is 12.8 Å². The molecule has 1 unspecified atom stereocenters. The molecular weight excluding hydrogens is 226 g/mol. The minimum Gasteiger partial charge on any atom is -0.481 e. The van der Waals surface area contributed by atoms with Gasteiger partial charge in [-0.15, -0.1) is 0 Å². The van der Waals surface area contributed by atoms with Gasteiger partial charge in [-0.2, -0.15) is 0 Å². The zero-order chi connectivity index (χ0) is 12.8. The number of nitrogens with one attached hydrogen (secondary N) is 1. The van der Waals surface area contributed by atoms with Crippen LogP contribution in [0.1, 0.15) is 25.5 Å². The maximum atomic E-state index is 5.18. The van der Waals surface area contributed by atoms with E-state index in [1.807, 2.05) is 12.1 Å². The minimum absolute atomic E-state index is 0.651. The van der Waals surface area contributed by atoms with E-state index in [0.717, 1.165) is 31.9 Å². The van der Waals surface area contributed by atoms with Crippen LogP contribution in [0.5, 0.6) is 5.88 Å². The molecule has 1 aromatic rings. The lowest BCUT2D eigenvalue weighted by atomic mass is 10.2. The molecule has 4 heteroatoms. The Kier molecular flexibility index (Phi) is 4.96. The number of nitrogens with zero attached hydrogens (tertiary/aromatic N) is 2. The Hall–Kier alpha value is -1.13. The molecule has 1 aliphatic rings. The van der Waals surface area contributed by atoms with Crippen molar-refractivity contribution in [2.45, 2.75) is 32.4 Å². The Labute approximate surface area is 109 Å². The zero-order valence-electron chi connectivity index (χ0n) is 11.4. The summed E-state index contributed by atoms with van der Waals surface area (Å²) < 4.78 is 5.18. The summed E-state index contributed by atoms with van der Waals surface area (Å²) in [5.74, 6) is 0.702. The largest absolute Gasteiger partial charge is 0.481 e. The van der Waals surface area contributed by atoms with Crippen LogP contribution >= 0.6 is 0 Å². The number of hydrogen-bond acceptors (Lipinski definition) is 4. The van der Waals surface area contributed by atoms with E-state index < -0.39 is 0 Å². The molecule has 1 N–H and O–H groups in total. The van der Waals surface area contributed by atoms with Crippen molar-refractivity contribution in [2.24, 2.45) is 0 Å². The molecule has 0 spiro atoms. The van der Waals surface area contributed by atoms with Crippen LogP contribution in [0.25, 0.3) is 0 Å². The van der Waals surface area contributed by atoms with Crippen molar-refractivity contribution in [3.05, 3.63) is 23.9 Å². The van der Waals surface area contributed by atoms with Crippen LogP contribution in [0, 0.1) is 0 Å². The SMILES string of the molecule is CCCN(Cc1cccc(OC)n1)C1CCNC1. The lowest BCUT2D eigenvalue weighted by Gasteiger charge is -2.27. The van der Waals surface area contributed by atoms with E-state index in [4.69, 9.17) is 4.74 Å². The van der Waals surface area contributed by atoms with E-state index in [9.17, 15) is 0 Å². The predicted octanol–water partition coefficient (Wildman–Crippen LogP) is 1.66. The van der Waals surface area contributed by atoms with Gasteiger partial charge in [-0.3, -0.25) is 4.90 Å². The molecule has 0 radical (unpaired) electrons. The monoisotopic (exact) mass is 249 g/mol. The van der Waals surface area contributed by atoms with Gasteiger partial charge in [-0.1, -0.05) is 13.0 Å². The molecule has 1 aromatic heterocycles. The summed E-state index contributed by atoms with van der Waals surface area (Å²) in [6, 6.07) is 6.63. The quantitative estimate of drug-likeness (QED) is 0.832. The van der Waals surface area contributed by atoms with Crippen LogP contribution < -0.4 is 10.1 Å². The van der Waals surface area contributed by atoms with E-state index in [0.29, 0.717) is 11.9 Å². The fraction of sp³-hybridized carbons (Fsp3) is 0.643. The molecule has 1 fully saturated rings. The highest BCUT2D eigenvalue weighted by Gasteiger charge is 2.21. The standard InChI is InChI=1S/C14H23N3O/c1-3-9-17(13-7-8-15-10-13)11-12-5-4-6-14(16-12)18-2/h4-6,13,15H,3,7-11H2,1-2H3. The number of rotatable bonds is 6. The van der Waals surface area contributed by atoms with Gasteiger partial charge in [0.2, 0.25) is 5.88 Å². The van der Waals surface area contributed by atoms with Crippen LogP contribution in [0.15, 0.2) is 18.2 Å². The molecule has 1 atom stereocenters. The highest BCUT2D eigenvalue weighted by atomic mass is 16.5. The normalized spacial score (nSPS) is 19.4. The van der Waals surface area contributed by atoms with Crippen molar-refractivity contribution in [3.63, 3.8) is 0 Å². The summed E-state index contributed by atoms with van der Waals surface area (Å²) >= 11 is 0. The second-order valence-electron chi connectivity index (χ2n) is 4.79. The maximum absolute atomic E-state index is 5.18. The number of ether oxygens (including phenoxy) is 1. The number of pyridine rings is 1.